The number of carbonyl (C=O) groups is 2. The van der Waals surface area contributed by atoms with Gasteiger partial charge >= 0.3 is 0 Å². The number of ether oxygens (including phenoxy) is 1. The molecule has 2 aliphatic rings. The number of nitrogens with zero attached hydrogens (tertiary/aromatic N) is 1. The van der Waals surface area contributed by atoms with Gasteiger partial charge in [-0.25, -0.2) is 0 Å². The van der Waals surface area contributed by atoms with Gasteiger partial charge in [-0.2, -0.15) is 0 Å². The second-order valence-corrected chi connectivity index (χ2v) is 7.16. The Hall–Kier alpha value is -2.04. The number of likely N-dealkylation sites (tertiary alicyclic amines) is 1. The molecule has 2 amide bonds. The Balaban J connectivity index is 1.40. The number of carbonyl (C=O) groups excluding carboxylic acids is 2. The van der Waals surface area contributed by atoms with E-state index in [0.717, 1.165) is 50.9 Å². The van der Waals surface area contributed by atoms with Crippen LogP contribution in [0.4, 0.5) is 0 Å². The van der Waals surface area contributed by atoms with E-state index in [9.17, 15) is 9.59 Å². The quantitative estimate of drug-likeness (QED) is 0.827. The average molecular weight is 344 g/mol. The van der Waals surface area contributed by atoms with E-state index in [-0.39, 0.29) is 11.8 Å². The Morgan fingerprint density at radius 2 is 1.80 bits per heavy atom. The summed E-state index contributed by atoms with van der Waals surface area (Å²) in [5.74, 6) is 1.57. The fourth-order valence-corrected chi connectivity index (χ4v) is 3.13. The number of piperidine rings is 1. The van der Waals surface area contributed by atoms with Crippen molar-refractivity contribution in [2.45, 2.75) is 51.5 Å². The molecule has 136 valence electrons. The van der Waals surface area contributed by atoms with Crippen molar-refractivity contribution < 1.29 is 14.3 Å². The second-order valence-electron chi connectivity index (χ2n) is 7.16. The van der Waals surface area contributed by atoms with E-state index >= 15 is 0 Å². The zero-order valence-electron chi connectivity index (χ0n) is 15.0. The van der Waals surface area contributed by atoms with Crippen LogP contribution in [0, 0.1) is 5.92 Å². The lowest BCUT2D eigenvalue weighted by atomic mass is 9.97. The molecule has 1 aromatic carbocycles. The fourth-order valence-electron chi connectivity index (χ4n) is 3.13. The monoisotopic (exact) mass is 344 g/mol. The lowest BCUT2D eigenvalue weighted by Crippen LogP contribution is -2.39. The van der Waals surface area contributed by atoms with Gasteiger partial charge in [-0.3, -0.25) is 9.59 Å². The van der Waals surface area contributed by atoms with Crippen molar-refractivity contribution in [3.8, 4) is 5.75 Å². The average Bonchev–Trinajstić information content (AvgIpc) is 3.45. The Bertz CT molecular complexity index is 587. The maximum absolute atomic E-state index is 12.0. The molecule has 0 aromatic heterocycles. The van der Waals surface area contributed by atoms with E-state index in [1.54, 1.807) is 0 Å². The fraction of sp³-hybridized carbons (Fsp3) is 0.600. The number of benzene rings is 1. The molecule has 3 rings (SSSR count). The summed E-state index contributed by atoms with van der Waals surface area (Å²) < 4.78 is 5.88. The van der Waals surface area contributed by atoms with Crippen LogP contribution in [0.25, 0.3) is 0 Å². The van der Waals surface area contributed by atoms with Crippen molar-refractivity contribution >= 4 is 11.8 Å². The molecule has 1 saturated carbocycles. The largest absolute Gasteiger partial charge is 0.493 e. The molecule has 1 aromatic rings. The van der Waals surface area contributed by atoms with E-state index in [2.05, 4.69) is 5.32 Å². The molecule has 0 spiro atoms. The van der Waals surface area contributed by atoms with Crippen LogP contribution in [0.5, 0.6) is 5.75 Å². The Kier molecular flexibility index (Phi) is 5.95. The van der Waals surface area contributed by atoms with Gasteiger partial charge in [0.05, 0.1) is 6.61 Å². The summed E-state index contributed by atoms with van der Waals surface area (Å²) in [6.45, 7) is 4.39. The third-order valence-electron chi connectivity index (χ3n) is 4.95. The predicted octanol–water partition coefficient (Wildman–Crippen LogP) is 3.00. The number of amides is 2. The molecule has 2 fully saturated rings. The van der Waals surface area contributed by atoms with Gasteiger partial charge in [0, 0.05) is 31.1 Å². The third kappa shape index (κ3) is 5.21. The van der Waals surface area contributed by atoms with Gasteiger partial charge < -0.3 is 15.0 Å². The van der Waals surface area contributed by atoms with Gasteiger partial charge in [0.2, 0.25) is 5.91 Å². The molecule has 0 unspecified atom stereocenters. The van der Waals surface area contributed by atoms with Crippen LogP contribution in [0.1, 0.15) is 55.8 Å². The number of hydrogen-bond donors (Lipinski definition) is 1. The van der Waals surface area contributed by atoms with Crippen molar-refractivity contribution in [3.63, 3.8) is 0 Å². The van der Waals surface area contributed by atoms with Gasteiger partial charge in [-0.1, -0.05) is 6.92 Å². The highest BCUT2D eigenvalue weighted by atomic mass is 16.5. The first kappa shape index (κ1) is 17.8. The highest BCUT2D eigenvalue weighted by Crippen LogP contribution is 2.22. The lowest BCUT2D eigenvalue weighted by Gasteiger charge is -2.32. The first-order chi connectivity index (χ1) is 12.2. The van der Waals surface area contributed by atoms with Crippen molar-refractivity contribution in [1.82, 2.24) is 10.2 Å². The predicted molar refractivity (Wildman–Crippen MR) is 96.6 cm³/mol. The molecule has 0 atom stereocenters. The summed E-state index contributed by atoms with van der Waals surface area (Å²) in [4.78, 5) is 25.8. The molecular weight excluding hydrogens is 316 g/mol. The third-order valence-corrected chi connectivity index (χ3v) is 4.95. The van der Waals surface area contributed by atoms with Gasteiger partial charge in [0.15, 0.2) is 0 Å². The van der Waals surface area contributed by atoms with Gasteiger partial charge in [0.25, 0.3) is 5.91 Å². The first-order valence-corrected chi connectivity index (χ1v) is 9.47. The van der Waals surface area contributed by atoms with Crippen LogP contribution in [0.3, 0.4) is 0 Å². The molecule has 5 nitrogen and oxygen atoms in total. The molecule has 0 bridgehead atoms. The molecule has 5 heteroatoms. The summed E-state index contributed by atoms with van der Waals surface area (Å²) in [5.41, 5.74) is 0.682. The number of rotatable bonds is 7. The normalized spacial score (nSPS) is 18.0. The van der Waals surface area contributed by atoms with Crippen LogP contribution < -0.4 is 10.1 Å². The van der Waals surface area contributed by atoms with Crippen LogP contribution >= 0.6 is 0 Å². The standard InChI is InChI=1S/C20H28N2O3/c1-2-3-19(23)22-12-10-15(11-13-22)14-25-18-8-4-16(5-9-18)20(24)21-17-6-7-17/h4-5,8-9,15,17H,2-3,6-7,10-14H2,1H3,(H,21,24). The van der Waals surface area contributed by atoms with Gasteiger partial charge in [-0.05, 0) is 62.3 Å². The van der Waals surface area contributed by atoms with E-state index < -0.39 is 0 Å². The lowest BCUT2D eigenvalue weighted by molar-refractivity contribution is -0.132. The SMILES string of the molecule is CCCC(=O)N1CCC(COc2ccc(C(=O)NC3CC3)cc2)CC1. The van der Waals surface area contributed by atoms with E-state index in [4.69, 9.17) is 4.74 Å². The molecule has 1 aliphatic carbocycles. The molecule has 25 heavy (non-hydrogen) atoms. The number of hydrogen-bond acceptors (Lipinski definition) is 3. The molecule has 1 saturated heterocycles. The molecule has 0 radical (unpaired) electrons. The minimum absolute atomic E-state index is 0.00170. The minimum Gasteiger partial charge on any atom is -0.493 e. The Morgan fingerprint density at radius 3 is 2.40 bits per heavy atom. The van der Waals surface area contributed by atoms with E-state index in [1.165, 1.54) is 0 Å². The second kappa shape index (κ2) is 8.37. The first-order valence-electron chi connectivity index (χ1n) is 9.47. The summed E-state index contributed by atoms with van der Waals surface area (Å²) in [7, 11) is 0. The highest BCUT2D eigenvalue weighted by molar-refractivity contribution is 5.94. The van der Waals surface area contributed by atoms with Crippen LogP contribution in [-0.2, 0) is 4.79 Å². The van der Waals surface area contributed by atoms with Crippen molar-refractivity contribution in [2.75, 3.05) is 19.7 Å². The smallest absolute Gasteiger partial charge is 0.251 e. The van der Waals surface area contributed by atoms with Crippen LogP contribution in [0.2, 0.25) is 0 Å². The summed E-state index contributed by atoms with van der Waals surface area (Å²) in [5, 5.41) is 2.98. The summed E-state index contributed by atoms with van der Waals surface area (Å²) >= 11 is 0. The molecular formula is C20H28N2O3. The van der Waals surface area contributed by atoms with E-state index in [0.29, 0.717) is 30.6 Å². The maximum Gasteiger partial charge on any atom is 0.251 e. The molecule has 1 heterocycles. The molecule has 1 N–H and O–H groups in total. The van der Waals surface area contributed by atoms with Gasteiger partial charge in [-0.15, -0.1) is 0 Å². The zero-order chi connectivity index (χ0) is 17.6. The van der Waals surface area contributed by atoms with E-state index in [1.807, 2.05) is 36.1 Å². The van der Waals surface area contributed by atoms with Crippen molar-refractivity contribution in [1.29, 1.82) is 0 Å². The van der Waals surface area contributed by atoms with Gasteiger partial charge in [0.1, 0.15) is 5.75 Å². The molecule has 1 aliphatic heterocycles. The number of nitrogens with one attached hydrogen (secondary N) is 1. The topological polar surface area (TPSA) is 58.6 Å². The zero-order valence-corrected chi connectivity index (χ0v) is 15.0. The summed E-state index contributed by atoms with van der Waals surface area (Å²) in [6.07, 6.45) is 5.75. The van der Waals surface area contributed by atoms with Crippen molar-refractivity contribution in [2.24, 2.45) is 5.92 Å². The minimum atomic E-state index is -0.00170. The van der Waals surface area contributed by atoms with Crippen LogP contribution in [0.15, 0.2) is 24.3 Å². The summed E-state index contributed by atoms with van der Waals surface area (Å²) in [6, 6.07) is 7.74. The highest BCUT2D eigenvalue weighted by Gasteiger charge is 2.24. The maximum atomic E-state index is 12.0. The van der Waals surface area contributed by atoms with Crippen molar-refractivity contribution in [3.05, 3.63) is 29.8 Å². The Labute approximate surface area is 149 Å². The van der Waals surface area contributed by atoms with Crippen LogP contribution in [-0.4, -0.2) is 42.5 Å². The Morgan fingerprint density at radius 1 is 1.12 bits per heavy atom.